The van der Waals surface area contributed by atoms with Crippen LogP contribution in [0.4, 0.5) is 10.5 Å². The van der Waals surface area contributed by atoms with Crippen LogP contribution in [0.15, 0.2) is 35.5 Å². The van der Waals surface area contributed by atoms with Gasteiger partial charge in [0.2, 0.25) is 15.8 Å². The molecular weight excluding hydrogens is 550 g/mol. The Kier molecular flexibility index (Phi) is 10.2. The summed E-state index contributed by atoms with van der Waals surface area (Å²) in [7, 11) is -2.34. The van der Waals surface area contributed by atoms with Crippen LogP contribution < -0.4 is 10.0 Å². The van der Waals surface area contributed by atoms with Crippen LogP contribution >= 0.6 is 11.6 Å². The Morgan fingerprint density at radius 2 is 1.85 bits per heavy atom. The monoisotopic (exact) mass is 581 g/mol. The van der Waals surface area contributed by atoms with E-state index in [9.17, 15) is 27.6 Å². The van der Waals surface area contributed by atoms with Crippen LogP contribution in [-0.2, 0) is 31.4 Å². The van der Waals surface area contributed by atoms with E-state index in [1.54, 1.807) is 0 Å². The SMILES string of the molecule is CCCCCCCCNS(=O)(=O)c1ccc(NC(=O)C(C(=O)c2nccn2C)N2C(=O)OC(C)C2=O)c(Cl)c1. The van der Waals surface area contributed by atoms with Crippen molar-refractivity contribution in [1.82, 2.24) is 19.2 Å². The Bertz CT molecular complexity index is 1340. The lowest BCUT2D eigenvalue weighted by Crippen LogP contribution is -2.52. The molecule has 0 radical (unpaired) electrons. The van der Waals surface area contributed by atoms with Crippen LogP contribution in [0.25, 0.3) is 0 Å². The molecule has 1 fully saturated rings. The number of ether oxygens (including phenoxy) is 1. The number of carbonyl (C=O) groups excluding carboxylic acids is 4. The van der Waals surface area contributed by atoms with Crippen molar-refractivity contribution in [2.75, 3.05) is 11.9 Å². The van der Waals surface area contributed by atoms with E-state index in [1.807, 2.05) is 0 Å². The third kappa shape index (κ3) is 7.22. The molecule has 2 heterocycles. The quantitative estimate of drug-likeness (QED) is 0.195. The highest BCUT2D eigenvalue weighted by molar-refractivity contribution is 7.89. The molecule has 1 aliphatic rings. The smallest absolute Gasteiger partial charge is 0.418 e. The Morgan fingerprint density at radius 3 is 2.44 bits per heavy atom. The van der Waals surface area contributed by atoms with Gasteiger partial charge in [0.25, 0.3) is 11.8 Å². The van der Waals surface area contributed by atoms with Crippen molar-refractivity contribution in [1.29, 1.82) is 0 Å². The van der Waals surface area contributed by atoms with E-state index in [0.717, 1.165) is 38.2 Å². The van der Waals surface area contributed by atoms with Crippen LogP contribution in [0.3, 0.4) is 0 Å². The maximum atomic E-state index is 13.3. The Labute approximate surface area is 232 Å². The molecule has 3 amide bonds. The van der Waals surface area contributed by atoms with Crippen molar-refractivity contribution in [2.45, 2.75) is 69.4 Å². The van der Waals surface area contributed by atoms with Crippen LogP contribution in [0.1, 0.15) is 63.0 Å². The minimum absolute atomic E-state index is 0.0257. The lowest BCUT2D eigenvalue weighted by molar-refractivity contribution is -0.133. The molecule has 0 saturated carbocycles. The first-order valence-electron chi connectivity index (χ1n) is 12.6. The zero-order valence-corrected chi connectivity index (χ0v) is 23.5. The first-order chi connectivity index (χ1) is 18.5. The van der Waals surface area contributed by atoms with Crippen LogP contribution in [-0.4, -0.2) is 65.3 Å². The van der Waals surface area contributed by atoms with Gasteiger partial charge in [-0.15, -0.1) is 0 Å². The number of hydrogen-bond acceptors (Lipinski definition) is 8. The zero-order valence-electron chi connectivity index (χ0n) is 22.0. The number of rotatable bonds is 14. The van der Waals surface area contributed by atoms with E-state index in [4.69, 9.17) is 16.3 Å². The number of nitrogens with one attached hydrogen (secondary N) is 2. The normalized spacial score (nSPS) is 16.3. The predicted octanol–water partition coefficient (Wildman–Crippen LogP) is 3.27. The summed E-state index contributed by atoms with van der Waals surface area (Å²) in [5, 5.41) is 2.29. The Balaban J connectivity index is 1.75. The van der Waals surface area contributed by atoms with Gasteiger partial charge in [0.05, 0.1) is 15.6 Å². The predicted molar refractivity (Wildman–Crippen MR) is 143 cm³/mol. The van der Waals surface area contributed by atoms with Gasteiger partial charge in [-0.3, -0.25) is 14.4 Å². The first kappa shape index (κ1) is 30.3. The number of imide groups is 1. The third-order valence-corrected chi connectivity index (χ3v) is 7.96. The molecule has 1 aromatic heterocycles. The lowest BCUT2D eigenvalue weighted by Gasteiger charge is -2.22. The van der Waals surface area contributed by atoms with E-state index < -0.39 is 45.9 Å². The lowest BCUT2D eigenvalue weighted by atomic mass is 10.1. The molecule has 1 saturated heterocycles. The fraction of sp³-hybridized carbons (Fsp3) is 0.480. The van der Waals surface area contributed by atoms with Gasteiger partial charge in [-0.05, 0) is 31.5 Å². The van der Waals surface area contributed by atoms with Crippen molar-refractivity contribution in [2.24, 2.45) is 7.05 Å². The van der Waals surface area contributed by atoms with Crippen LogP contribution in [0.5, 0.6) is 0 Å². The van der Waals surface area contributed by atoms with Crippen molar-refractivity contribution in [3.05, 3.63) is 41.4 Å². The standard InChI is InChI=1S/C25H32ClN5O7S/c1-4-5-6-7-8-9-12-28-39(36,37)17-10-11-19(18(26)15-17)29-23(33)20(21(32)22-27-13-14-30(22)3)31-24(34)16(2)38-25(31)35/h10-11,13-16,20,28H,4-9,12H2,1-3H3,(H,29,33). The van der Waals surface area contributed by atoms with Gasteiger partial charge in [-0.2, -0.15) is 0 Å². The van der Waals surface area contributed by atoms with Gasteiger partial charge in [-0.25, -0.2) is 27.8 Å². The summed E-state index contributed by atoms with van der Waals surface area (Å²) < 4.78 is 34.1. The molecule has 0 aliphatic carbocycles. The van der Waals surface area contributed by atoms with Crippen LogP contribution in [0, 0.1) is 0 Å². The number of Topliss-reactive ketones (excluding diaryl/α,β-unsaturated/α-hetero) is 1. The fourth-order valence-electron chi connectivity index (χ4n) is 4.02. The number of benzene rings is 1. The minimum Gasteiger partial charge on any atom is -0.436 e. The molecule has 2 N–H and O–H groups in total. The zero-order chi connectivity index (χ0) is 28.7. The highest BCUT2D eigenvalue weighted by Gasteiger charge is 2.49. The summed E-state index contributed by atoms with van der Waals surface area (Å²) in [6.07, 6.45) is 6.51. The molecular formula is C25H32ClN5O7S. The van der Waals surface area contributed by atoms with Gasteiger partial charge in [-0.1, -0.05) is 50.6 Å². The van der Waals surface area contributed by atoms with E-state index >= 15 is 0 Å². The second kappa shape index (κ2) is 13.2. The summed E-state index contributed by atoms with van der Waals surface area (Å²) in [6.45, 7) is 3.72. The molecule has 39 heavy (non-hydrogen) atoms. The molecule has 0 spiro atoms. The molecule has 1 aromatic carbocycles. The van der Waals surface area contributed by atoms with Gasteiger partial charge in [0, 0.05) is 26.0 Å². The number of halogens is 1. The molecule has 2 atom stereocenters. The number of unbranched alkanes of at least 4 members (excludes halogenated alkanes) is 5. The van der Waals surface area contributed by atoms with Gasteiger partial charge >= 0.3 is 6.09 Å². The number of nitrogens with zero attached hydrogens (tertiary/aromatic N) is 3. The topological polar surface area (TPSA) is 157 Å². The van der Waals surface area contributed by atoms with E-state index in [0.29, 0.717) is 11.3 Å². The summed E-state index contributed by atoms with van der Waals surface area (Å²) in [5.41, 5.74) is -0.0257. The number of aryl methyl sites for hydroxylation is 1. The van der Waals surface area contributed by atoms with Crippen molar-refractivity contribution in [3.8, 4) is 0 Å². The van der Waals surface area contributed by atoms with Crippen molar-refractivity contribution >= 4 is 51.0 Å². The number of carbonyl (C=O) groups is 4. The molecule has 2 aromatic rings. The maximum Gasteiger partial charge on any atom is 0.418 e. The number of aromatic nitrogens is 2. The first-order valence-corrected chi connectivity index (χ1v) is 14.5. The maximum absolute atomic E-state index is 13.3. The number of hydrogen-bond donors (Lipinski definition) is 2. The molecule has 2 unspecified atom stereocenters. The molecule has 0 bridgehead atoms. The number of ketones is 1. The minimum atomic E-state index is -3.85. The Morgan fingerprint density at radius 1 is 1.15 bits per heavy atom. The number of imidazole rings is 1. The number of amides is 3. The number of anilines is 1. The average Bonchev–Trinajstić information content (AvgIpc) is 3.42. The van der Waals surface area contributed by atoms with E-state index in [2.05, 4.69) is 21.9 Å². The van der Waals surface area contributed by atoms with E-state index in [-0.39, 0.29) is 28.0 Å². The fourth-order valence-corrected chi connectivity index (χ4v) is 5.41. The number of sulfonamides is 1. The molecule has 14 heteroatoms. The van der Waals surface area contributed by atoms with Gasteiger partial charge in [0.1, 0.15) is 0 Å². The highest BCUT2D eigenvalue weighted by Crippen LogP contribution is 2.27. The number of cyclic esters (lactones) is 1. The van der Waals surface area contributed by atoms with Gasteiger partial charge < -0.3 is 14.6 Å². The summed E-state index contributed by atoms with van der Waals surface area (Å²) in [6, 6.07) is 1.73. The van der Waals surface area contributed by atoms with Crippen molar-refractivity contribution in [3.63, 3.8) is 0 Å². The molecule has 1 aliphatic heterocycles. The average molecular weight is 582 g/mol. The van der Waals surface area contributed by atoms with Gasteiger partial charge in [0.15, 0.2) is 18.0 Å². The summed E-state index contributed by atoms with van der Waals surface area (Å²) >= 11 is 6.28. The molecule has 3 rings (SSSR count). The molecule has 212 valence electrons. The third-order valence-electron chi connectivity index (χ3n) is 6.19. The van der Waals surface area contributed by atoms with E-state index in [1.165, 1.54) is 43.1 Å². The largest absolute Gasteiger partial charge is 0.436 e. The summed E-state index contributed by atoms with van der Waals surface area (Å²) in [5.74, 6) is -3.01. The van der Waals surface area contributed by atoms with Crippen molar-refractivity contribution < 1.29 is 32.3 Å². The molecule has 12 nitrogen and oxygen atoms in total. The second-order valence-corrected chi connectivity index (χ2v) is 11.3. The summed E-state index contributed by atoms with van der Waals surface area (Å²) in [4.78, 5) is 55.7. The Hall–Kier alpha value is -3.29. The second-order valence-electron chi connectivity index (χ2n) is 9.16. The van der Waals surface area contributed by atoms with Crippen LogP contribution in [0.2, 0.25) is 5.02 Å². The highest BCUT2D eigenvalue weighted by atomic mass is 35.5.